The Kier molecular flexibility index (Phi) is 3.75. The number of benzene rings is 1. The van der Waals surface area contributed by atoms with Crippen LogP contribution in [-0.2, 0) is 9.59 Å². The van der Waals surface area contributed by atoms with Gasteiger partial charge in [0.25, 0.3) is 0 Å². The molecule has 1 heterocycles. The van der Waals surface area contributed by atoms with E-state index in [1.165, 1.54) is 4.90 Å². The SMILES string of the molecule is O=C1CCC(=O)N1CCCOc1cc[c]cc1. The van der Waals surface area contributed by atoms with Gasteiger partial charge in [-0.15, -0.1) is 0 Å². The average Bonchev–Trinajstić information content (AvgIpc) is 2.67. The molecule has 1 aliphatic heterocycles. The quantitative estimate of drug-likeness (QED) is 0.569. The first-order chi connectivity index (χ1) is 8.27. The smallest absolute Gasteiger partial charge is 0.229 e. The molecule has 4 heteroatoms. The van der Waals surface area contributed by atoms with Gasteiger partial charge in [0, 0.05) is 19.4 Å². The highest BCUT2D eigenvalue weighted by atomic mass is 16.5. The van der Waals surface area contributed by atoms with Crippen molar-refractivity contribution in [3.63, 3.8) is 0 Å². The van der Waals surface area contributed by atoms with E-state index in [9.17, 15) is 9.59 Å². The van der Waals surface area contributed by atoms with Crippen molar-refractivity contribution >= 4 is 11.8 Å². The zero-order valence-corrected chi connectivity index (χ0v) is 9.52. The molecule has 0 N–H and O–H groups in total. The van der Waals surface area contributed by atoms with Crippen molar-refractivity contribution in [2.45, 2.75) is 19.3 Å². The standard InChI is InChI=1S/C13H14NO3/c15-12-7-8-13(16)14(12)9-4-10-17-11-5-2-1-3-6-11/h2-3,5-6H,4,7-10H2. The second-order valence-electron chi connectivity index (χ2n) is 3.88. The maximum absolute atomic E-state index is 11.3. The number of carbonyl (C=O) groups is 2. The fourth-order valence-corrected chi connectivity index (χ4v) is 1.75. The van der Waals surface area contributed by atoms with Crippen LogP contribution in [0.1, 0.15) is 19.3 Å². The molecule has 0 atom stereocenters. The molecule has 0 saturated carbocycles. The van der Waals surface area contributed by atoms with Crippen LogP contribution in [0.15, 0.2) is 24.3 Å². The van der Waals surface area contributed by atoms with Gasteiger partial charge in [0.1, 0.15) is 5.75 Å². The summed E-state index contributed by atoms with van der Waals surface area (Å²) in [6.07, 6.45) is 1.37. The maximum Gasteiger partial charge on any atom is 0.229 e. The lowest BCUT2D eigenvalue weighted by Crippen LogP contribution is -2.30. The molecule has 0 aromatic heterocycles. The minimum Gasteiger partial charge on any atom is -0.494 e. The van der Waals surface area contributed by atoms with Gasteiger partial charge in [0.2, 0.25) is 11.8 Å². The number of hydrogen-bond acceptors (Lipinski definition) is 3. The maximum atomic E-state index is 11.3. The number of nitrogens with zero attached hydrogens (tertiary/aromatic N) is 1. The predicted molar refractivity (Wildman–Crippen MR) is 61.3 cm³/mol. The van der Waals surface area contributed by atoms with Gasteiger partial charge >= 0.3 is 0 Å². The predicted octanol–water partition coefficient (Wildman–Crippen LogP) is 1.40. The normalized spacial score (nSPS) is 15.4. The summed E-state index contributed by atoms with van der Waals surface area (Å²) in [4.78, 5) is 23.9. The molecule has 0 spiro atoms. The molecule has 1 aliphatic rings. The Morgan fingerprint density at radius 3 is 2.47 bits per heavy atom. The van der Waals surface area contributed by atoms with Gasteiger partial charge in [0.05, 0.1) is 6.61 Å². The minimum absolute atomic E-state index is 0.0655. The molecule has 0 bridgehead atoms. The highest BCUT2D eigenvalue weighted by Gasteiger charge is 2.27. The van der Waals surface area contributed by atoms with Crippen LogP contribution in [-0.4, -0.2) is 29.9 Å². The zero-order valence-electron chi connectivity index (χ0n) is 9.52. The molecule has 1 fully saturated rings. The lowest BCUT2D eigenvalue weighted by Gasteiger charge is -2.13. The van der Waals surface area contributed by atoms with Crippen LogP contribution in [0, 0.1) is 6.07 Å². The van der Waals surface area contributed by atoms with Gasteiger partial charge in [-0.1, -0.05) is 12.1 Å². The molecular weight excluding hydrogens is 218 g/mol. The van der Waals surface area contributed by atoms with Gasteiger partial charge in [-0.05, 0) is 24.6 Å². The lowest BCUT2D eigenvalue weighted by molar-refractivity contribution is -0.138. The summed E-state index contributed by atoms with van der Waals surface area (Å²) >= 11 is 0. The van der Waals surface area contributed by atoms with Crippen molar-refractivity contribution < 1.29 is 14.3 Å². The minimum atomic E-state index is -0.0655. The van der Waals surface area contributed by atoms with Crippen molar-refractivity contribution in [3.05, 3.63) is 30.3 Å². The van der Waals surface area contributed by atoms with Crippen molar-refractivity contribution in [3.8, 4) is 5.75 Å². The molecular formula is C13H14NO3. The van der Waals surface area contributed by atoms with E-state index in [1.807, 2.05) is 12.1 Å². The molecule has 89 valence electrons. The number of amides is 2. The first kappa shape index (κ1) is 11.6. The van der Waals surface area contributed by atoms with Gasteiger partial charge in [-0.25, -0.2) is 0 Å². The molecule has 1 aromatic carbocycles. The Bertz CT molecular complexity index is 386. The van der Waals surface area contributed by atoms with Crippen molar-refractivity contribution in [2.24, 2.45) is 0 Å². The fraction of sp³-hybridized carbons (Fsp3) is 0.385. The molecule has 0 aliphatic carbocycles. The third-order valence-corrected chi connectivity index (χ3v) is 2.64. The Morgan fingerprint density at radius 1 is 1.18 bits per heavy atom. The fourth-order valence-electron chi connectivity index (χ4n) is 1.75. The van der Waals surface area contributed by atoms with Crippen molar-refractivity contribution in [1.82, 2.24) is 4.90 Å². The summed E-state index contributed by atoms with van der Waals surface area (Å²) in [6, 6.07) is 10.1. The summed E-state index contributed by atoms with van der Waals surface area (Å²) in [6.45, 7) is 0.956. The third kappa shape index (κ3) is 3.06. The number of imide groups is 1. The van der Waals surface area contributed by atoms with Gasteiger partial charge in [0.15, 0.2) is 0 Å². The highest BCUT2D eigenvalue weighted by Crippen LogP contribution is 2.12. The number of hydrogen-bond donors (Lipinski definition) is 0. The van der Waals surface area contributed by atoms with Crippen molar-refractivity contribution in [1.29, 1.82) is 0 Å². The van der Waals surface area contributed by atoms with Crippen LogP contribution in [0.3, 0.4) is 0 Å². The van der Waals surface area contributed by atoms with Crippen LogP contribution >= 0.6 is 0 Å². The van der Waals surface area contributed by atoms with E-state index in [1.54, 1.807) is 12.1 Å². The number of likely N-dealkylation sites (tertiary alicyclic amines) is 1. The first-order valence-electron chi connectivity index (χ1n) is 5.69. The summed E-state index contributed by atoms with van der Waals surface area (Å²) in [5.74, 6) is 0.649. The van der Waals surface area contributed by atoms with Gasteiger partial charge in [-0.2, -0.15) is 0 Å². The third-order valence-electron chi connectivity index (χ3n) is 2.64. The van der Waals surface area contributed by atoms with Crippen LogP contribution < -0.4 is 4.74 Å². The molecule has 17 heavy (non-hydrogen) atoms. The Morgan fingerprint density at radius 2 is 1.82 bits per heavy atom. The van der Waals surface area contributed by atoms with Crippen LogP contribution in [0.5, 0.6) is 5.75 Å². The molecule has 0 unspecified atom stereocenters. The first-order valence-corrected chi connectivity index (χ1v) is 5.69. The van der Waals surface area contributed by atoms with Gasteiger partial charge < -0.3 is 4.74 Å². The second kappa shape index (κ2) is 5.48. The Labute approximate surface area is 100 Å². The van der Waals surface area contributed by atoms with E-state index in [2.05, 4.69) is 6.07 Å². The molecule has 1 aromatic rings. The number of carbonyl (C=O) groups excluding carboxylic acids is 2. The lowest BCUT2D eigenvalue weighted by atomic mass is 10.3. The van der Waals surface area contributed by atoms with E-state index in [4.69, 9.17) is 4.74 Å². The summed E-state index contributed by atoms with van der Waals surface area (Å²) < 4.78 is 5.47. The van der Waals surface area contributed by atoms with E-state index in [0.29, 0.717) is 32.4 Å². The zero-order chi connectivity index (χ0) is 12.1. The topological polar surface area (TPSA) is 46.6 Å². The summed E-state index contributed by atoms with van der Waals surface area (Å²) in [5.41, 5.74) is 0. The van der Waals surface area contributed by atoms with Crippen molar-refractivity contribution in [2.75, 3.05) is 13.2 Å². The number of ether oxygens (including phenoxy) is 1. The van der Waals surface area contributed by atoms with E-state index in [0.717, 1.165) is 5.75 Å². The molecule has 2 amide bonds. The van der Waals surface area contributed by atoms with E-state index in [-0.39, 0.29) is 11.8 Å². The summed E-state index contributed by atoms with van der Waals surface area (Å²) in [7, 11) is 0. The molecule has 1 saturated heterocycles. The molecule has 4 nitrogen and oxygen atoms in total. The Balaban J connectivity index is 1.70. The van der Waals surface area contributed by atoms with Gasteiger partial charge in [-0.3, -0.25) is 14.5 Å². The monoisotopic (exact) mass is 232 g/mol. The van der Waals surface area contributed by atoms with Crippen LogP contribution in [0.25, 0.3) is 0 Å². The van der Waals surface area contributed by atoms with Crippen LogP contribution in [0.4, 0.5) is 0 Å². The molecule has 1 radical (unpaired) electrons. The summed E-state index contributed by atoms with van der Waals surface area (Å²) in [5, 5.41) is 0. The highest BCUT2D eigenvalue weighted by molar-refractivity contribution is 6.01. The van der Waals surface area contributed by atoms with E-state index < -0.39 is 0 Å². The average molecular weight is 232 g/mol. The van der Waals surface area contributed by atoms with Crippen LogP contribution in [0.2, 0.25) is 0 Å². The number of rotatable bonds is 5. The molecule has 2 rings (SSSR count). The second-order valence-corrected chi connectivity index (χ2v) is 3.88. The Hall–Kier alpha value is -1.84. The largest absolute Gasteiger partial charge is 0.494 e. The van der Waals surface area contributed by atoms with E-state index >= 15 is 0 Å².